The minimum Gasteiger partial charge on any atom is -0.371 e. The maximum Gasteiger partial charge on any atom is 0.260 e. The van der Waals surface area contributed by atoms with Gasteiger partial charge in [0, 0.05) is 9.65 Å². The third kappa shape index (κ3) is 4.55. The summed E-state index contributed by atoms with van der Waals surface area (Å²) in [7, 11) is 0. The molecule has 0 fully saturated rings. The number of halogens is 2. The van der Waals surface area contributed by atoms with Gasteiger partial charge >= 0.3 is 0 Å². The van der Waals surface area contributed by atoms with Crippen molar-refractivity contribution in [1.29, 1.82) is 0 Å². The Morgan fingerprint density at radius 1 is 1.35 bits per heavy atom. The predicted octanol–water partition coefficient (Wildman–Crippen LogP) is 6.30. The average molecular weight is 365 g/mol. The van der Waals surface area contributed by atoms with E-state index in [-0.39, 0.29) is 20.7 Å². The van der Waals surface area contributed by atoms with Crippen LogP contribution < -0.4 is 0 Å². The van der Waals surface area contributed by atoms with Crippen LogP contribution in [0.25, 0.3) is 0 Å². The van der Waals surface area contributed by atoms with Crippen LogP contribution in [0.4, 0.5) is 8.78 Å². The molecule has 1 aliphatic rings. The van der Waals surface area contributed by atoms with Gasteiger partial charge in [0.25, 0.3) is 6.43 Å². The van der Waals surface area contributed by atoms with Crippen LogP contribution in [0.2, 0.25) is 0 Å². The number of ether oxygens (including phenoxy) is 1. The zero-order valence-electron chi connectivity index (χ0n) is 15.5. The van der Waals surface area contributed by atoms with Crippen molar-refractivity contribution in [2.24, 2.45) is 0 Å². The van der Waals surface area contributed by atoms with Crippen LogP contribution in [0, 0.1) is 0 Å². The first-order chi connectivity index (χ1) is 10.4. The second-order valence-corrected chi connectivity index (χ2v) is 10.2. The summed E-state index contributed by atoms with van der Waals surface area (Å²) in [5, 5.41) is 0. The van der Waals surface area contributed by atoms with E-state index in [9.17, 15) is 8.78 Å². The Hall–Kier alpha value is -0.000000000000000111. The summed E-state index contributed by atoms with van der Waals surface area (Å²) < 4.78 is 32.1. The van der Waals surface area contributed by atoms with E-state index in [2.05, 4.69) is 27.0 Å². The molecule has 0 saturated carbocycles. The molecule has 0 spiro atoms. The fourth-order valence-electron chi connectivity index (χ4n) is 2.68. The van der Waals surface area contributed by atoms with Crippen LogP contribution in [-0.2, 0) is 4.74 Å². The summed E-state index contributed by atoms with van der Waals surface area (Å²) in [4.78, 5) is 1.03. The smallest absolute Gasteiger partial charge is 0.260 e. The van der Waals surface area contributed by atoms with Gasteiger partial charge in [-0.15, -0.1) is 11.8 Å². The van der Waals surface area contributed by atoms with Crippen LogP contribution in [0.3, 0.4) is 0 Å². The molecule has 0 aliphatic carbocycles. The summed E-state index contributed by atoms with van der Waals surface area (Å²) in [6, 6.07) is 0. The Kier molecular flexibility index (Phi) is 6.85. The molecule has 0 N–H and O–H groups in total. The van der Waals surface area contributed by atoms with Crippen molar-refractivity contribution in [2.75, 3.05) is 12.9 Å². The van der Waals surface area contributed by atoms with Gasteiger partial charge in [-0.05, 0) is 71.4 Å². The number of thioether (sulfide) groups is 2. The first-order valence-electron chi connectivity index (χ1n) is 7.98. The first-order valence-corrected chi connectivity index (χ1v) is 10.0. The molecule has 0 aromatic heterocycles. The van der Waals surface area contributed by atoms with Crippen LogP contribution >= 0.6 is 23.5 Å². The molecule has 1 nitrogen and oxygen atoms in total. The van der Waals surface area contributed by atoms with Gasteiger partial charge < -0.3 is 4.74 Å². The van der Waals surface area contributed by atoms with Crippen LogP contribution in [-0.4, -0.2) is 34.4 Å². The normalized spacial score (nSPS) is 27.2. The van der Waals surface area contributed by atoms with Crippen molar-refractivity contribution in [2.45, 2.75) is 76.4 Å². The zero-order valence-corrected chi connectivity index (χ0v) is 17.2. The second-order valence-electron chi connectivity index (χ2n) is 7.33. The standard InChI is InChI=1S/C18H30F2OS2/c1-9-17(6,22-8)18(7)14(12(2)15(19)20)10-13(23-18)11-21-16(3,4)5/h10,15H,9,11H2,1-8H3/b14-12+/t17-,18+/m1/s1. The van der Waals surface area contributed by atoms with E-state index >= 15 is 0 Å². The number of alkyl halides is 2. The van der Waals surface area contributed by atoms with Crippen molar-refractivity contribution >= 4 is 23.5 Å². The lowest BCUT2D eigenvalue weighted by molar-refractivity contribution is 0.0138. The Morgan fingerprint density at radius 3 is 2.30 bits per heavy atom. The molecule has 5 heteroatoms. The fourth-order valence-corrected chi connectivity index (χ4v) is 5.35. The highest BCUT2D eigenvalue weighted by Crippen LogP contribution is 2.58. The number of hydrogen-bond acceptors (Lipinski definition) is 3. The molecule has 0 saturated heterocycles. The highest BCUT2D eigenvalue weighted by molar-refractivity contribution is 8.07. The monoisotopic (exact) mass is 364 g/mol. The number of rotatable bonds is 6. The summed E-state index contributed by atoms with van der Waals surface area (Å²) in [6.45, 7) is 14.4. The Morgan fingerprint density at radius 2 is 1.91 bits per heavy atom. The molecule has 134 valence electrons. The van der Waals surface area contributed by atoms with Gasteiger partial charge in [0.05, 0.1) is 17.0 Å². The topological polar surface area (TPSA) is 9.23 Å². The van der Waals surface area contributed by atoms with E-state index in [4.69, 9.17) is 4.74 Å². The minimum atomic E-state index is -2.42. The third-order valence-corrected chi connectivity index (χ3v) is 7.99. The van der Waals surface area contributed by atoms with Gasteiger partial charge in [0.15, 0.2) is 0 Å². The molecule has 1 rings (SSSR count). The minimum absolute atomic E-state index is 0.122. The molecule has 0 radical (unpaired) electrons. The van der Waals surface area contributed by atoms with Crippen molar-refractivity contribution in [3.63, 3.8) is 0 Å². The van der Waals surface area contributed by atoms with Gasteiger partial charge in [0.1, 0.15) is 0 Å². The maximum atomic E-state index is 13.4. The van der Waals surface area contributed by atoms with Crippen LogP contribution in [0.15, 0.2) is 22.1 Å². The van der Waals surface area contributed by atoms with Crippen molar-refractivity contribution in [1.82, 2.24) is 0 Å². The lowest BCUT2D eigenvalue weighted by Crippen LogP contribution is -2.44. The third-order valence-electron chi connectivity index (χ3n) is 4.69. The Labute approximate surface area is 148 Å². The molecular weight excluding hydrogens is 334 g/mol. The molecule has 0 amide bonds. The molecule has 23 heavy (non-hydrogen) atoms. The largest absolute Gasteiger partial charge is 0.371 e. The Balaban J connectivity index is 3.26. The Bertz CT molecular complexity index is 488. The molecule has 0 bridgehead atoms. The number of allylic oxidation sites excluding steroid dienone is 2. The van der Waals surface area contributed by atoms with E-state index < -0.39 is 6.43 Å². The summed E-state index contributed by atoms with van der Waals surface area (Å²) in [6.07, 6.45) is 2.49. The molecule has 0 unspecified atom stereocenters. The van der Waals surface area contributed by atoms with Gasteiger partial charge in [-0.3, -0.25) is 0 Å². The molecule has 1 aliphatic heterocycles. The summed E-state index contributed by atoms with van der Waals surface area (Å²) in [5.41, 5.74) is 0.707. The molecular formula is C18H30F2OS2. The van der Waals surface area contributed by atoms with Crippen molar-refractivity contribution in [3.8, 4) is 0 Å². The van der Waals surface area contributed by atoms with E-state index in [1.54, 1.807) is 30.4 Å². The lowest BCUT2D eigenvalue weighted by Gasteiger charge is -2.44. The SMILES string of the molecule is CC[C@@](C)(SC)[C@@]1(C)SC(COC(C)(C)C)=C/C1=C(/C)C(F)F. The quantitative estimate of drug-likeness (QED) is 0.547. The fraction of sp³-hybridized carbons (Fsp3) is 0.778. The first kappa shape index (κ1) is 21.0. The van der Waals surface area contributed by atoms with E-state index in [1.807, 2.05) is 26.8 Å². The van der Waals surface area contributed by atoms with Gasteiger partial charge in [-0.2, -0.15) is 11.8 Å². The van der Waals surface area contributed by atoms with Crippen LogP contribution in [0.1, 0.15) is 54.9 Å². The molecule has 2 atom stereocenters. The summed E-state index contributed by atoms with van der Waals surface area (Å²) in [5.74, 6) is 0. The van der Waals surface area contributed by atoms with Gasteiger partial charge in [-0.1, -0.05) is 6.92 Å². The number of hydrogen-bond donors (Lipinski definition) is 0. The van der Waals surface area contributed by atoms with Crippen molar-refractivity contribution in [3.05, 3.63) is 22.1 Å². The average Bonchev–Trinajstić information content (AvgIpc) is 2.81. The molecule has 0 aromatic carbocycles. The second kappa shape index (κ2) is 7.49. The highest BCUT2D eigenvalue weighted by atomic mass is 32.2. The maximum absolute atomic E-state index is 13.4. The molecule has 1 heterocycles. The van der Waals surface area contributed by atoms with Gasteiger partial charge in [0.2, 0.25) is 0 Å². The zero-order chi connectivity index (χ0) is 18.1. The van der Waals surface area contributed by atoms with E-state index in [0.29, 0.717) is 6.61 Å². The van der Waals surface area contributed by atoms with E-state index in [1.165, 1.54) is 0 Å². The summed E-state index contributed by atoms with van der Waals surface area (Å²) >= 11 is 3.44. The molecule has 0 aromatic rings. The highest BCUT2D eigenvalue weighted by Gasteiger charge is 2.50. The lowest BCUT2D eigenvalue weighted by atomic mass is 9.82. The van der Waals surface area contributed by atoms with Crippen LogP contribution in [0.5, 0.6) is 0 Å². The van der Waals surface area contributed by atoms with Gasteiger partial charge in [-0.25, -0.2) is 8.78 Å². The van der Waals surface area contributed by atoms with E-state index in [0.717, 1.165) is 16.9 Å². The predicted molar refractivity (Wildman–Crippen MR) is 101 cm³/mol. The van der Waals surface area contributed by atoms with Crippen molar-refractivity contribution < 1.29 is 13.5 Å².